The number of hydrogen-bond donors (Lipinski definition) is 1. The summed E-state index contributed by atoms with van der Waals surface area (Å²) in [6, 6.07) is 17.0. The fourth-order valence-corrected chi connectivity index (χ4v) is 3.74. The standard InChI is InChI=1S/C10H9FN2O.C9H9NO2S.C8H6FNO.2CH4/c11-9-2-1-7(4-12)3-8(9)10-5-13-6-14-10;1-8-3-5-9(6-4-8)13(11,12)7-10-2;1-11-8-4-6(5-10)2-3-7(8)9;;/h1-3,5-6H,4,12H2;3-6H,7H2,1H3;2-4H,1H3;2*1H4. The number of nitriles is 1. The zero-order chi connectivity index (χ0) is 28.1. The van der Waals surface area contributed by atoms with E-state index < -0.39 is 21.5 Å². The molecule has 0 radical (unpaired) electrons. The minimum Gasteiger partial charge on any atom is -0.494 e. The first-order valence-corrected chi connectivity index (χ1v) is 12.5. The van der Waals surface area contributed by atoms with E-state index in [1.54, 1.807) is 24.3 Å². The van der Waals surface area contributed by atoms with Gasteiger partial charge in [-0.2, -0.15) is 5.26 Å². The van der Waals surface area contributed by atoms with Crippen molar-refractivity contribution in [2.75, 3.05) is 13.0 Å². The molecular weight excluding hydrogens is 538 g/mol. The molecule has 8 nitrogen and oxygen atoms in total. The van der Waals surface area contributed by atoms with Crippen LogP contribution in [0.1, 0.15) is 31.5 Å². The summed E-state index contributed by atoms with van der Waals surface area (Å²) in [5, 5.41) is 8.42. The molecule has 0 saturated carbocycles. The first kappa shape index (κ1) is 35.4. The van der Waals surface area contributed by atoms with Crippen LogP contribution in [0.3, 0.4) is 0 Å². The van der Waals surface area contributed by atoms with Gasteiger partial charge in [0.1, 0.15) is 5.82 Å². The van der Waals surface area contributed by atoms with Crippen LogP contribution in [0.15, 0.2) is 82.6 Å². The third-order valence-corrected chi connectivity index (χ3v) is 6.32. The number of sulfone groups is 1. The lowest BCUT2D eigenvalue weighted by Gasteiger charge is -2.01. The van der Waals surface area contributed by atoms with Crippen molar-refractivity contribution in [1.29, 1.82) is 5.26 Å². The Morgan fingerprint density at radius 1 is 1.07 bits per heavy atom. The Labute approximate surface area is 234 Å². The van der Waals surface area contributed by atoms with Crippen LogP contribution < -0.4 is 10.5 Å². The molecule has 0 bridgehead atoms. The fraction of sp³-hybridized carbons (Fsp3) is 0.207. The van der Waals surface area contributed by atoms with Gasteiger partial charge in [0.15, 0.2) is 23.7 Å². The number of methoxy groups -OCH3 is 1. The van der Waals surface area contributed by atoms with Crippen LogP contribution in [0.25, 0.3) is 16.2 Å². The second-order valence-electron chi connectivity index (χ2n) is 7.56. The lowest BCUT2D eigenvalue weighted by Crippen LogP contribution is -2.02. The van der Waals surface area contributed by atoms with Gasteiger partial charge in [-0.15, -0.1) is 0 Å². The molecule has 2 N–H and O–H groups in total. The van der Waals surface area contributed by atoms with E-state index in [1.807, 2.05) is 13.0 Å². The van der Waals surface area contributed by atoms with E-state index in [-0.39, 0.29) is 31.3 Å². The number of oxazole rings is 1. The predicted octanol–water partition coefficient (Wildman–Crippen LogP) is 6.56. The van der Waals surface area contributed by atoms with Crippen LogP contribution in [0.2, 0.25) is 0 Å². The monoisotopic (exact) mass is 570 g/mol. The maximum atomic E-state index is 13.3. The van der Waals surface area contributed by atoms with E-state index in [1.165, 1.54) is 56.1 Å². The SMILES string of the molecule is C.C.COc1cc(C#N)ccc1F.NCc1ccc(F)c(-c2cnco2)c1.[C-]#[N+]CS(=O)(=O)c1ccc(C)cc1. The third-order valence-electron chi connectivity index (χ3n) is 4.86. The van der Waals surface area contributed by atoms with Gasteiger partial charge in [-0.25, -0.2) is 28.8 Å². The average Bonchev–Trinajstić information content (AvgIpc) is 3.45. The van der Waals surface area contributed by atoms with Crippen LogP contribution in [0, 0.1) is 36.5 Å². The second-order valence-corrected chi connectivity index (χ2v) is 9.52. The predicted molar refractivity (Wildman–Crippen MR) is 151 cm³/mol. The molecular formula is C29H32F2N4O4S. The van der Waals surface area contributed by atoms with Gasteiger partial charge in [0, 0.05) is 12.6 Å². The number of hydrogen-bond acceptors (Lipinski definition) is 7. The molecule has 0 aliphatic rings. The van der Waals surface area contributed by atoms with Crippen LogP contribution in [0.4, 0.5) is 8.78 Å². The minimum absolute atomic E-state index is 0. The summed E-state index contributed by atoms with van der Waals surface area (Å²) >= 11 is 0. The summed E-state index contributed by atoms with van der Waals surface area (Å²) in [5.74, 6) is -0.747. The second kappa shape index (κ2) is 17.1. The molecule has 1 heterocycles. The first-order chi connectivity index (χ1) is 18.1. The zero-order valence-corrected chi connectivity index (χ0v) is 21.4. The highest BCUT2D eigenvalue weighted by atomic mass is 32.2. The Hall–Kier alpha value is -4.58. The highest BCUT2D eigenvalue weighted by Crippen LogP contribution is 2.23. The molecule has 0 saturated heterocycles. The quantitative estimate of drug-likeness (QED) is 0.269. The van der Waals surface area contributed by atoms with Gasteiger partial charge < -0.3 is 14.9 Å². The van der Waals surface area contributed by atoms with Gasteiger partial charge in [-0.1, -0.05) is 38.6 Å². The Morgan fingerprint density at radius 2 is 1.73 bits per heavy atom. The number of aromatic nitrogens is 1. The van der Waals surface area contributed by atoms with E-state index in [9.17, 15) is 17.2 Å². The van der Waals surface area contributed by atoms with E-state index in [4.69, 9.17) is 22.0 Å². The van der Waals surface area contributed by atoms with Gasteiger partial charge >= 0.3 is 5.88 Å². The van der Waals surface area contributed by atoms with Gasteiger partial charge in [-0.3, -0.25) is 4.85 Å². The zero-order valence-electron chi connectivity index (χ0n) is 20.6. The van der Waals surface area contributed by atoms with Gasteiger partial charge in [-0.05, 0) is 48.9 Å². The lowest BCUT2D eigenvalue weighted by atomic mass is 10.1. The summed E-state index contributed by atoms with van der Waals surface area (Å²) in [5.41, 5.74) is 8.10. The minimum atomic E-state index is -3.38. The molecule has 0 aliphatic carbocycles. The summed E-state index contributed by atoms with van der Waals surface area (Å²) in [6.45, 7) is 8.75. The normalized spacial score (nSPS) is 9.57. The molecule has 3 aromatic carbocycles. The van der Waals surface area contributed by atoms with Crippen LogP contribution >= 0.6 is 0 Å². The maximum absolute atomic E-state index is 13.3. The van der Waals surface area contributed by atoms with Crippen molar-refractivity contribution in [3.05, 3.63) is 113 Å². The number of nitrogens with zero attached hydrogens (tertiary/aromatic N) is 3. The molecule has 0 atom stereocenters. The van der Waals surface area contributed by atoms with E-state index >= 15 is 0 Å². The molecule has 4 rings (SSSR count). The molecule has 40 heavy (non-hydrogen) atoms. The van der Waals surface area contributed by atoms with Crippen molar-refractivity contribution in [2.24, 2.45) is 5.73 Å². The molecule has 0 aliphatic heterocycles. The molecule has 11 heteroatoms. The molecule has 1 aromatic heterocycles. The lowest BCUT2D eigenvalue weighted by molar-refractivity contribution is 0.386. The number of ether oxygens (including phenoxy) is 1. The Balaban J connectivity index is 0.000000561. The highest BCUT2D eigenvalue weighted by Gasteiger charge is 2.16. The number of benzene rings is 3. The summed E-state index contributed by atoms with van der Waals surface area (Å²) in [6.07, 6.45) is 2.74. The largest absolute Gasteiger partial charge is 0.494 e. The highest BCUT2D eigenvalue weighted by molar-refractivity contribution is 7.91. The fourth-order valence-electron chi connectivity index (χ4n) is 2.87. The summed E-state index contributed by atoms with van der Waals surface area (Å²) in [7, 11) is -2.02. The molecule has 0 unspecified atom stereocenters. The van der Waals surface area contributed by atoms with Crippen LogP contribution in [0.5, 0.6) is 5.75 Å². The number of nitrogens with two attached hydrogens (primary N) is 1. The van der Waals surface area contributed by atoms with Crippen molar-refractivity contribution in [3.8, 4) is 23.1 Å². The third kappa shape index (κ3) is 10.3. The van der Waals surface area contributed by atoms with E-state index in [0.29, 0.717) is 23.4 Å². The van der Waals surface area contributed by atoms with Gasteiger partial charge in [0.25, 0.3) is 9.84 Å². The van der Waals surface area contributed by atoms with Crippen molar-refractivity contribution in [2.45, 2.75) is 33.2 Å². The van der Waals surface area contributed by atoms with Crippen LogP contribution in [-0.2, 0) is 16.4 Å². The van der Waals surface area contributed by atoms with Crippen molar-refractivity contribution >= 4 is 9.84 Å². The smallest absolute Gasteiger partial charge is 0.316 e. The number of halogens is 2. The van der Waals surface area contributed by atoms with Gasteiger partial charge in [0.2, 0.25) is 0 Å². The first-order valence-electron chi connectivity index (χ1n) is 10.9. The van der Waals surface area contributed by atoms with E-state index in [0.717, 1.165) is 11.1 Å². The number of aryl methyl sites for hydroxylation is 1. The molecule has 212 valence electrons. The topological polar surface area (TPSA) is 124 Å². The van der Waals surface area contributed by atoms with Crippen LogP contribution in [-0.4, -0.2) is 26.4 Å². The van der Waals surface area contributed by atoms with Crippen molar-refractivity contribution in [3.63, 3.8) is 0 Å². The Morgan fingerprint density at radius 3 is 2.25 bits per heavy atom. The summed E-state index contributed by atoms with van der Waals surface area (Å²) < 4.78 is 58.3. The molecule has 4 aromatic rings. The average molecular weight is 571 g/mol. The van der Waals surface area contributed by atoms with Crippen molar-refractivity contribution < 1.29 is 26.4 Å². The van der Waals surface area contributed by atoms with E-state index in [2.05, 4.69) is 14.6 Å². The molecule has 0 fully saturated rings. The maximum Gasteiger partial charge on any atom is 0.316 e. The summed E-state index contributed by atoms with van der Waals surface area (Å²) in [4.78, 5) is 6.82. The molecule has 0 amide bonds. The van der Waals surface area contributed by atoms with Gasteiger partial charge in [0.05, 0.1) is 35.4 Å². The van der Waals surface area contributed by atoms with Crippen molar-refractivity contribution in [1.82, 2.24) is 4.98 Å². The molecule has 0 spiro atoms. The Bertz CT molecular complexity index is 1530. The Kier molecular flexibility index (Phi) is 15.1. The number of rotatable bonds is 5.